The molecule has 0 aliphatic carbocycles. The van der Waals surface area contributed by atoms with Gasteiger partial charge >= 0.3 is 0 Å². The zero-order valence-electron chi connectivity index (χ0n) is 10.4. The molecule has 0 aliphatic rings. The smallest absolute Gasteiger partial charge is 0.296 e. The molecule has 2 aromatic rings. The molecule has 0 N–H and O–H groups in total. The highest BCUT2D eigenvalue weighted by Gasteiger charge is 2.23. The first-order valence-corrected chi connectivity index (χ1v) is 7.81. The van der Waals surface area contributed by atoms with Crippen molar-refractivity contribution in [1.29, 1.82) is 0 Å². The van der Waals surface area contributed by atoms with Crippen LogP contribution in [-0.2, 0) is 15.6 Å². The molecule has 0 spiro atoms. The summed E-state index contributed by atoms with van der Waals surface area (Å²) in [5.74, 6) is 0.988. The Balaban J connectivity index is 2.67. The highest BCUT2D eigenvalue weighted by Crippen LogP contribution is 2.29. The zero-order valence-corrected chi connectivity index (χ0v) is 11.9. The minimum absolute atomic E-state index is 0.266. The molecular formula is C11H12ClN3O3S. The van der Waals surface area contributed by atoms with Crippen LogP contribution >= 0.6 is 10.7 Å². The Labute approximate surface area is 115 Å². The highest BCUT2D eigenvalue weighted by atomic mass is 35.7. The maximum atomic E-state index is 11.4. The minimum atomic E-state index is -3.93. The number of aromatic nitrogens is 3. The Kier molecular flexibility index (Phi) is 3.77. The van der Waals surface area contributed by atoms with Crippen molar-refractivity contribution in [2.45, 2.75) is 18.6 Å². The second-order valence-corrected chi connectivity index (χ2v) is 6.15. The van der Waals surface area contributed by atoms with Gasteiger partial charge in [-0.05, 0) is 19.1 Å². The zero-order chi connectivity index (χ0) is 14.0. The molecule has 8 heteroatoms. The molecule has 0 amide bonds. The largest absolute Gasteiger partial charge is 0.496 e. The van der Waals surface area contributed by atoms with Crippen LogP contribution in [0.15, 0.2) is 29.4 Å². The average Bonchev–Trinajstić information content (AvgIpc) is 2.82. The maximum Gasteiger partial charge on any atom is 0.296 e. The standard InChI is InChI=1S/C11H12ClN3O3S/c1-3-15-10(13-14-11(15)19(12,16)17)8-6-4-5-7-9(8)18-2/h4-7H,3H2,1-2H3. The molecule has 6 nitrogen and oxygen atoms in total. The third-order valence-electron chi connectivity index (χ3n) is 2.60. The van der Waals surface area contributed by atoms with Crippen molar-refractivity contribution in [3.05, 3.63) is 24.3 Å². The van der Waals surface area contributed by atoms with Crippen LogP contribution in [-0.4, -0.2) is 30.3 Å². The van der Waals surface area contributed by atoms with E-state index in [1.165, 1.54) is 11.7 Å². The Morgan fingerprint density at radius 2 is 2.00 bits per heavy atom. The predicted molar refractivity (Wildman–Crippen MR) is 70.7 cm³/mol. The van der Waals surface area contributed by atoms with E-state index in [0.717, 1.165) is 0 Å². The van der Waals surface area contributed by atoms with Crippen molar-refractivity contribution in [3.63, 3.8) is 0 Å². The summed E-state index contributed by atoms with van der Waals surface area (Å²) in [6, 6.07) is 7.16. The van der Waals surface area contributed by atoms with Gasteiger partial charge in [-0.1, -0.05) is 12.1 Å². The van der Waals surface area contributed by atoms with Crippen LogP contribution < -0.4 is 4.74 Å². The summed E-state index contributed by atoms with van der Waals surface area (Å²) in [5.41, 5.74) is 0.658. The summed E-state index contributed by atoms with van der Waals surface area (Å²) in [6.07, 6.45) is 0. The fraction of sp³-hybridized carbons (Fsp3) is 0.273. The third kappa shape index (κ3) is 2.57. The number of hydrogen-bond acceptors (Lipinski definition) is 5. The van der Waals surface area contributed by atoms with E-state index in [4.69, 9.17) is 15.4 Å². The van der Waals surface area contributed by atoms with E-state index in [-0.39, 0.29) is 5.16 Å². The van der Waals surface area contributed by atoms with Crippen molar-refractivity contribution >= 4 is 19.7 Å². The molecule has 1 aromatic carbocycles. The van der Waals surface area contributed by atoms with E-state index in [1.54, 1.807) is 25.1 Å². The van der Waals surface area contributed by atoms with Gasteiger partial charge in [-0.3, -0.25) is 4.57 Å². The molecule has 102 valence electrons. The Hall–Kier alpha value is -1.60. The third-order valence-corrected chi connectivity index (χ3v) is 3.75. The van der Waals surface area contributed by atoms with Crippen molar-refractivity contribution in [2.24, 2.45) is 0 Å². The van der Waals surface area contributed by atoms with Gasteiger partial charge in [-0.15, -0.1) is 10.2 Å². The SMILES string of the molecule is CCn1c(-c2ccccc2OC)nnc1S(=O)(=O)Cl. The molecule has 0 saturated heterocycles. The highest BCUT2D eigenvalue weighted by molar-refractivity contribution is 8.13. The first kappa shape index (κ1) is 13.8. The molecule has 0 aliphatic heterocycles. The van der Waals surface area contributed by atoms with E-state index in [2.05, 4.69) is 10.2 Å². The van der Waals surface area contributed by atoms with E-state index in [0.29, 0.717) is 23.7 Å². The van der Waals surface area contributed by atoms with Gasteiger partial charge in [0.15, 0.2) is 5.82 Å². The van der Waals surface area contributed by atoms with Crippen molar-refractivity contribution in [2.75, 3.05) is 7.11 Å². The second kappa shape index (κ2) is 5.18. The molecule has 0 bridgehead atoms. The summed E-state index contributed by atoms with van der Waals surface area (Å²) in [6.45, 7) is 2.16. The second-order valence-electron chi connectivity index (χ2n) is 3.69. The van der Waals surface area contributed by atoms with Gasteiger partial charge in [0.2, 0.25) is 0 Å². The summed E-state index contributed by atoms with van der Waals surface area (Å²) < 4.78 is 29.5. The van der Waals surface area contributed by atoms with Gasteiger partial charge in [-0.25, -0.2) is 8.42 Å². The van der Waals surface area contributed by atoms with Crippen molar-refractivity contribution in [1.82, 2.24) is 14.8 Å². The first-order chi connectivity index (χ1) is 8.99. The molecule has 1 heterocycles. The van der Waals surface area contributed by atoms with Crippen LogP contribution in [0.3, 0.4) is 0 Å². The number of rotatable bonds is 4. The van der Waals surface area contributed by atoms with Crippen LogP contribution in [0.4, 0.5) is 0 Å². The van der Waals surface area contributed by atoms with E-state index in [1.807, 2.05) is 6.07 Å². The number of halogens is 1. The summed E-state index contributed by atoms with van der Waals surface area (Å²) in [5, 5.41) is 7.28. The fourth-order valence-electron chi connectivity index (χ4n) is 1.78. The van der Waals surface area contributed by atoms with Gasteiger partial charge in [0.05, 0.1) is 12.7 Å². The fourth-order valence-corrected chi connectivity index (χ4v) is 2.74. The van der Waals surface area contributed by atoms with Gasteiger partial charge < -0.3 is 4.74 Å². The molecule has 0 atom stereocenters. The maximum absolute atomic E-state index is 11.4. The van der Waals surface area contributed by atoms with Crippen LogP contribution in [0.25, 0.3) is 11.4 Å². The number of ether oxygens (including phenoxy) is 1. The number of para-hydroxylation sites is 1. The van der Waals surface area contributed by atoms with E-state index >= 15 is 0 Å². The lowest BCUT2D eigenvalue weighted by Crippen LogP contribution is -2.06. The molecule has 1 aromatic heterocycles. The van der Waals surface area contributed by atoms with Gasteiger partial charge in [0, 0.05) is 17.2 Å². The average molecular weight is 302 g/mol. The normalized spacial score (nSPS) is 11.5. The van der Waals surface area contributed by atoms with Crippen molar-refractivity contribution in [3.8, 4) is 17.1 Å². The molecule has 2 rings (SSSR count). The van der Waals surface area contributed by atoms with Gasteiger partial charge in [0.25, 0.3) is 14.2 Å². The quantitative estimate of drug-likeness (QED) is 0.806. The first-order valence-electron chi connectivity index (χ1n) is 5.50. The molecule has 0 fully saturated rings. The minimum Gasteiger partial charge on any atom is -0.496 e. The van der Waals surface area contributed by atoms with Crippen LogP contribution in [0.1, 0.15) is 6.92 Å². The van der Waals surface area contributed by atoms with Crippen LogP contribution in [0, 0.1) is 0 Å². The van der Waals surface area contributed by atoms with Crippen LogP contribution in [0.5, 0.6) is 5.75 Å². The predicted octanol–water partition coefficient (Wildman–Crippen LogP) is 1.90. The lowest BCUT2D eigenvalue weighted by atomic mass is 10.2. The van der Waals surface area contributed by atoms with Gasteiger partial charge in [0.1, 0.15) is 5.75 Å². The lowest BCUT2D eigenvalue weighted by molar-refractivity contribution is 0.416. The Morgan fingerprint density at radius 3 is 2.58 bits per heavy atom. The summed E-state index contributed by atoms with van der Waals surface area (Å²) in [7, 11) is 2.94. The van der Waals surface area contributed by atoms with Gasteiger partial charge in [-0.2, -0.15) is 0 Å². The number of benzene rings is 1. The number of nitrogens with zero attached hydrogens (tertiary/aromatic N) is 3. The Bertz CT molecular complexity index is 697. The van der Waals surface area contributed by atoms with Crippen molar-refractivity contribution < 1.29 is 13.2 Å². The summed E-state index contributed by atoms with van der Waals surface area (Å²) >= 11 is 0. The molecule has 0 unspecified atom stereocenters. The van der Waals surface area contributed by atoms with E-state index in [9.17, 15) is 8.42 Å². The molecular weight excluding hydrogens is 290 g/mol. The molecule has 0 radical (unpaired) electrons. The Morgan fingerprint density at radius 1 is 1.32 bits per heavy atom. The van der Waals surface area contributed by atoms with E-state index < -0.39 is 9.05 Å². The lowest BCUT2D eigenvalue weighted by Gasteiger charge is -2.09. The van der Waals surface area contributed by atoms with Crippen LogP contribution in [0.2, 0.25) is 0 Å². The topological polar surface area (TPSA) is 74.1 Å². The number of hydrogen-bond donors (Lipinski definition) is 0. The molecule has 0 saturated carbocycles. The molecule has 19 heavy (non-hydrogen) atoms. The number of methoxy groups -OCH3 is 1. The monoisotopic (exact) mass is 301 g/mol. The summed E-state index contributed by atoms with van der Waals surface area (Å²) in [4.78, 5) is 0.